The van der Waals surface area contributed by atoms with Crippen LogP contribution in [-0.4, -0.2) is 32.2 Å². The summed E-state index contributed by atoms with van der Waals surface area (Å²) < 4.78 is 18.8. The maximum Gasteiger partial charge on any atom is 0.265 e. The van der Waals surface area contributed by atoms with Crippen molar-refractivity contribution < 1.29 is 4.55 Å². The number of anilines is 1. The van der Waals surface area contributed by atoms with Gasteiger partial charge in [-0.15, -0.1) is 4.72 Å². The first kappa shape index (κ1) is 21.0. The van der Waals surface area contributed by atoms with Crippen LogP contribution in [0, 0.1) is 8.99 Å². The molecule has 3 aliphatic rings. The van der Waals surface area contributed by atoms with Crippen molar-refractivity contribution in [2.75, 3.05) is 18.0 Å². The summed E-state index contributed by atoms with van der Waals surface area (Å²) in [6.07, 6.45) is 4.77. The summed E-state index contributed by atoms with van der Waals surface area (Å²) in [4.78, 5) is 23.1. The van der Waals surface area contributed by atoms with Crippen LogP contribution in [0.25, 0.3) is 11.0 Å². The third-order valence-electron chi connectivity index (χ3n) is 7.86. The average Bonchev–Trinajstić information content (AvgIpc) is 3.28. The molecule has 4 heterocycles. The fraction of sp³-hybridized carbons (Fsp3) is 0.478. The van der Waals surface area contributed by atoms with E-state index in [-0.39, 0.29) is 21.8 Å². The molecular weight excluding hydrogens is 537 g/mol. The van der Waals surface area contributed by atoms with Gasteiger partial charge in [0.15, 0.2) is 4.75 Å². The van der Waals surface area contributed by atoms with E-state index < -0.39 is 11.4 Å². The lowest BCUT2D eigenvalue weighted by atomic mass is 9.72. The number of H-pyrrole nitrogens is 1. The molecule has 7 nitrogen and oxygen atoms in total. The molecule has 2 atom stereocenters. The monoisotopic (exact) mass is 563 g/mol. The van der Waals surface area contributed by atoms with Crippen LogP contribution < -0.4 is 15.2 Å². The van der Waals surface area contributed by atoms with Gasteiger partial charge in [0.1, 0.15) is 5.65 Å². The molecule has 0 bridgehead atoms. The Hall–Kier alpha value is -1.56. The molecule has 32 heavy (non-hydrogen) atoms. The smallest absolute Gasteiger partial charge is 0.265 e. The molecule has 1 aromatic carbocycles. The first-order valence-electron chi connectivity index (χ1n) is 11.0. The molecule has 2 N–H and O–H groups in total. The fourth-order valence-corrected chi connectivity index (χ4v) is 7.87. The summed E-state index contributed by atoms with van der Waals surface area (Å²) in [5, 5.41) is 0.653. The van der Waals surface area contributed by atoms with Crippen LogP contribution in [0.4, 0.5) is 5.95 Å². The Labute approximate surface area is 203 Å². The van der Waals surface area contributed by atoms with Crippen LogP contribution in [0.2, 0.25) is 0 Å². The second kappa shape index (κ2) is 6.97. The number of halogens is 1. The Balaban J connectivity index is 1.33. The molecule has 9 heteroatoms. The number of piperidine rings is 1. The number of rotatable bonds is 1. The van der Waals surface area contributed by atoms with Gasteiger partial charge in [-0.2, -0.15) is 4.98 Å². The molecule has 1 fully saturated rings. The quantitative estimate of drug-likeness (QED) is 0.351. The fourth-order valence-electron chi connectivity index (χ4n) is 5.97. The Morgan fingerprint density at radius 2 is 2.03 bits per heavy atom. The highest BCUT2D eigenvalue weighted by atomic mass is 127. The van der Waals surface area contributed by atoms with E-state index in [0.29, 0.717) is 17.0 Å². The lowest BCUT2D eigenvalue weighted by Crippen LogP contribution is -2.53. The maximum absolute atomic E-state index is 13.1. The molecule has 1 spiro atoms. The van der Waals surface area contributed by atoms with Crippen LogP contribution in [-0.2, 0) is 29.6 Å². The molecule has 0 radical (unpaired) electrons. The first-order valence-corrected chi connectivity index (χ1v) is 13.2. The highest BCUT2D eigenvalue weighted by Crippen LogP contribution is 2.57. The third kappa shape index (κ3) is 2.74. The molecule has 0 saturated carbocycles. The summed E-state index contributed by atoms with van der Waals surface area (Å²) in [5.41, 5.74) is 4.68. The number of hydrogen-bond donors (Lipinski definition) is 2. The zero-order chi connectivity index (χ0) is 22.4. The van der Waals surface area contributed by atoms with Gasteiger partial charge < -0.3 is 14.4 Å². The molecule has 3 aromatic rings. The number of aromatic amines is 1. The second-order valence-electron chi connectivity index (χ2n) is 9.87. The van der Waals surface area contributed by atoms with Crippen LogP contribution >= 0.6 is 22.6 Å². The van der Waals surface area contributed by atoms with Crippen molar-refractivity contribution in [1.82, 2.24) is 19.3 Å². The predicted molar refractivity (Wildman–Crippen MR) is 135 cm³/mol. The van der Waals surface area contributed by atoms with Crippen molar-refractivity contribution in [1.29, 1.82) is 0 Å². The molecule has 1 saturated heterocycles. The van der Waals surface area contributed by atoms with Crippen LogP contribution in [0.5, 0.6) is 0 Å². The molecule has 2 aromatic heterocycles. The van der Waals surface area contributed by atoms with Crippen molar-refractivity contribution in [3.63, 3.8) is 0 Å². The highest BCUT2D eigenvalue weighted by Gasteiger charge is 2.56. The Bertz CT molecular complexity index is 1310. The first-order chi connectivity index (χ1) is 15.2. The Morgan fingerprint density at radius 3 is 2.78 bits per heavy atom. The largest absolute Gasteiger partial charge is 0.597 e. The van der Waals surface area contributed by atoms with E-state index >= 15 is 0 Å². The molecule has 168 valence electrons. The number of fused-ring (bicyclic) bond motifs is 2. The van der Waals surface area contributed by atoms with Crippen LogP contribution in [0.3, 0.4) is 0 Å². The van der Waals surface area contributed by atoms with Gasteiger partial charge in [0.05, 0.1) is 11.4 Å². The average molecular weight is 563 g/mol. The highest BCUT2D eigenvalue weighted by molar-refractivity contribution is 14.1. The number of nitrogens with one attached hydrogen (secondary N) is 2. The number of hydrogen-bond acceptors (Lipinski definition) is 5. The molecular formula is C23H26IN5O2S. The van der Waals surface area contributed by atoms with Crippen LogP contribution in [0.1, 0.15) is 49.4 Å². The van der Waals surface area contributed by atoms with Gasteiger partial charge in [0.25, 0.3) is 5.56 Å². The molecule has 0 amide bonds. The van der Waals surface area contributed by atoms with Gasteiger partial charge >= 0.3 is 0 Å². The number of aromatic nitrogens is 3. The topological polar surface area (TPSA) is 89.0 Å². The van der Waals surface area contributed by atoms with E-state index in [1.807, 2.05) is 13.2 Å². The summed E-state index contributed by atoms with van der Waals surface area (Å²) in [5.74, 6) is 0.716. The Kier molecular flexibility index (Phi) is 4.58. The van der Waals surface area contributed by atoms with Gasteiger partial charge in [-0.3, -0.25) is 9.36 Å². The van der Waals surface area contributed by atoms with Gasteiger partial charge in [-0.1, -0.05) is 18.2 Å². The zero-order valence-electron chi connectivity index (χ0n) is 18.4. The lowest BCUT2D eigenvalue weighted by molar-refractivity contribution is 0.172. The van der Waals surface area contributed by atoms with E-state index in [1.165, 1.54) is 16.7 Å². The zero-order valence-corrected chi connectivity index (χ0v) is 21.3. The van der Waals surface area contributed by atoms with Gasteiger partial charge in [0, 0.05) is 52.2 Å². The van der Waals surface area contributed by atoms with E-state index in [9.17, 15) is 9.35 Å². The van der Waals surface area contributed by atoms with Crippen molar-refractivity contribution in [2.45, 2.75) is 43.9 Å². The second-order valence-corrected chi connectivity index (χ2v) is 12.8. The molecule has 1 unspecified atom stereocenters. The number of benzene rings is 1. The normalized spacial score (nSPS) is 25.5. The minimum absolute atomic E-state index is 0.0135. The lowest BCUT2D eigenvalue weighted by Gasteiger charge is -2.46. The minimum Gasteiger partial charge on any atom is -0.597 e. The summed E-state index contributed by atoms with van der Waals surface area (Å²) in [6.45, 7) is 5.78. The predicted octanol–water partition coefficient (Wildman–Crippen LogP) is 3.25. The van der Waals surface area contributed by atoms with E-state index in [1.54, 1.807) is 4.57 Å². The van der Waals surface area contributed by atoms with Crippen molar-refractivity contribution in [3.05, 3.63) is 55.0 Å². The van der Waals surface area contributed by atoms with Crippen molar-refractivity contribution in [2.24, 2.45) is 12.5 Å². The van der Waals surface area contributed by atoms with E-state index in [2.05, 4.69) is 69.2 Å². The standard InChI is InChI=1S/C23H26IN5O2S/c1-22(2)14-6-4-5-13-11-23(18(16(13)14)27-32(22)31)7-9-29(10-8-23)21-26-19-17(15(24)12-25-19)20(30)28(21)3/h4-6,12,18,25,27H,7-11H2,1-3H3/t18-,32?/m1/s1. The van der Waals surface area contributed by atoms with Gasteiger partial charge in [-0.25, -0.2) is 0 Å². The van der Waals surface area contributed by atoms with Crippen molar-refractivity contribution >= 4 is 50.9 Å². The third-order valence-corrected chi connectivity index (χ3v) is 10.3. The summed E-state index contributed by atoms with van der Waals surface area (Å²) in [6, 6.07) is 6.64. The number of nitrogens with zero attached hydrogens (tertiary/aromatic N) is 3. The van der Waals surface area contributed by atoms with Crippen molar-refractivity contribution in [3.8, 4) is 0 Å². The SMILES string of the molecule is Cn1c(N2CCC3(CC2)Cc2cccc4c2[C@H]3N[S+]([O-])C4(C)C)nc2[nH]cc(I)c2c1=O. The molecule has 6 rings (SSSR count). The minimum atomic E-state index is -1.13. The Morgan fingerprint density at radius 1 is 1.28 bits per heavy atom. The van der Waals surface area contributed by atoms with Gasteiger partial charge in [0.2, 0.25) is 5.95 Å². The van der Waals surface area contributed by atoms with Crippen LogP contribution in [0.15, 0.2) is 29.2 Å². The summed E-state index contributed by atoms with van der Waals surface area (Å²) >= 11 is 1.04. The molecule has 1 aliphatic carbocycles. The van der Waals surface area contributed by atoms with E-state index in [4.69, 9.17) is 4.98 Å². The maximum atomic E-state index is 13.1. The summed E-state index contributed by atoms with van der Waals surface area (Å²) in [7, 11) is 1.81. The van der Waals surface area contributed by atoms with E-state index in [0.717, 1.165) is 35.9 Å². The van der Waals surface area contributed by atoms with Gasteiger partial charge in [-0.05, 0) is 66.8 Å². The molecule has 2 aliphatic heterocycles.